The molecule has 0 aliphatic rings. The lowest BCUT2D eigenvalue weighted by atomic mass is 10.4. The van der Waals surface area contributed by atoms with E-state index >= 15 is 0 Å². The molecule has 0 spiro atoms. The summed E-state index contributed by atoms with van der Waals surface area (Å²) in [6.07, 6.45) is 0. The van der Waals surface area contributed by atoms with E-state index in [9.17, 15) is 0 Å². The molecule has 0 aromatic carbocycles. The largest absolute Gasteiger partial charge is 0.339 e. The van der Waals surface area contributed by atoms with Crippen LogP contribution in [0.25, 0.3) is 10.7 Å². The van der Waals surface area contributed by atoms with Crippen molar-refractivity contribution in [2.24, 2.45) is 0 Å². The number of thiophene rings is 1. The molecule has 4 heteroatoms. The molecule has 2 aromatic rings. The fourth-order valence-corrected chi connectivity index (χ4v) is 1.45. The van der Waals surface area contributed by atoms with Gasteiger partial charge in [-0.25, -0.2) is 0 Å². The van der Waals surface area contributed by atoms with E-state index < -0.39 is 0 Å². The number of nitrogens with zero attached hydrogens (tertiary/aromatic N) is 2. The molecule has 2 aromatic heterocycles. The number of aryl methyl sites for hydroxylation is 1. The Morgan fingerprint density at radius 3 is 3.00 bits per heavy atom. The molecule has 0 N–H and O–H groups in total. The van der Waals surface area contributed by atoms with Gasteiger partial charge in [0.25, 0.3) is 0 Å². The van der Waals surface area contributed by atoms with Crippen molar-refractivity contribution in [2.45, 2.75) is 6.92 Å². The van der Waals surface area contributed by atoms with Gasteiger partial charge in [-0.2, -0.15) is 4.98 Å². The van der Waals surface area contributed by atoms with Gasteiger partial charge in [-0.05, 0) is 11.4 Å². The summed E-state index contributed by atoms with van der Waals surface area (Å²) in [4.78, 5) is 5.13. The highest BCUT2D eigenvalue weighted by Crippen LogP contribution is 2.20. The van der Waals surface area contributed by atoms with Crippen molar-refractivity contribution in [3.8, 4) is 10.7 Å². The van der Waals surface area contributed by atoms with E-state index in [0.29, 0.717) is 11.7 Å². The highest BCUT2D eigenvalue weighted by molar-refractivity contribution is 7.13. The van der Waals surface area contributed by atoms with E-state index in [4.69, 9.17) is 4.52 Å². The van der Waals surface area contributed by atoms with Crippen LogP contribution in [0.15, 0.2) is 22.0 Å². The molecular weight excluding hydrogens is 160 g/mol. The van der Waals surface area contributed by atoms with Gasteiger partial charge in [-0.15, -0.1) is 11.3 Å². The molecule has 3 nitrogen and oxygen atoms in total. The first-order valence-electron chi connectivity index (χ1n) is 3.20. The van der Waals surface area contributed by atoms with Crippen LogP contribution in [0.2, 0.25) is 0 Å². The second-order valence-corrected chi connectivity index (χ2v) is 3.06. The maximum atomic E-state index is 4.83. The van der Waals surface area contributed by atoms with E-state index in [2.05, 4.69) is 10.1 Å². The Labute approximate surface area is 67.7 Å². The van der Waals surface area contributed by atoms with Crippen molar-refractivity contribution in [2.75, 3.05) is 0 Å². The Kier molecular flexibility index (Phi) is 1.47. The van der Waals surface area contributed by atoms with Gasteiger partial charge >= 0.3 is 0 Å². The second-order valence-electron chi connectivity index (χ2n) is 2.11. The first-order valence-corrected chi connectivity index (χ1v) is 4.08. The number of rotatable bonds is 1. The molecule has 0 bridgehead atoms. The average molecular weight is 166 g/mol. The molecule has 0 atom stereocenters. The van der Waals surface area contributed by atoms with Gasteiger partial charge < -0.3 is 4.52 Å². The summed E-state index contributed by atoms with van der Waals surface area (Å²) in [5.74, 6) is 1.28. The third kappa shape index (κ3) is 1.17. The monoisotopic (exact) mass is 166 g/mol. The maximum absolute atomic E-state index is 4.83. The molecule has 0 aliphatic carbocycles. The van der Waals surface area contributed by atoms with Crippen molar-refractivity contribution in [1.29, 1.82) is 0 Å². The second kappa shape index (κ2) is 2.47. The Morgan fingerprint density at radius 2 is 2.45 bits per heavy atom. The molecule has 56 valence electrons. The van der Waals surface area contributed by atoms with Gasteiger partial charge in [-0.3, -0.25) is 0 Å². The molecule has 2 heterocycles. The number of hydrogen-bond acceptors (Lipinski definition) is 4. The molecule has 0 saturated carbocycles. The molecular formula is C7H6N2OS. The van der Waals surface area contributed by atoms with Crippen molar-refractivity contribution in [1.82, 2.24) is 10.1 Å². The lowest BCUT2D eigenvalue weighted by Gasteiger charge is -1.80. The topological polar surface area (TPSA) is 38.9 Å². The highest BCUT2D eigenvalue weighted by Gasteiger charge is 2.04. The van der Waals surface area contributed by atoms with Crippen molar-refractivity contribution in [3.05, 3.63) is 23.4 Å². The maximum Gasteiger partial charge on any atom is 0.223 e. The summed E-state index contributed by atoms with van der Waals surface area (Å²) < 4.78 is 4.83. The number of aromatic nitrogens is 2. The molecule has 2 rings (SSSR count). The van der Waals surface area contributed by atoms with Gasteiger partial charge in [-0.1, -0.05) is 11.2 Å². The fourth-order valence-electron chi connectivity index (χ4n) is 0.805. The van der Waals surface area contributed by atoms with E-state index in [-0.39, 0.29) is 0 Å². The predicted octanol–water partition coefficient (Wildman–Crippen LogP) is 2.11. The molecule has 11 heavy (non-hydrogen) atoms. The SMILES string of the molecule is Cc1nc(-c2cccs2)no1. The Bertz CT molecular complexity index is 339. The third-order valence-corrected chi connectivity index (χ3v) is 2.13. The predicted molar refractivity (Wildman–Crippen MR) is 42.3 cm³/mol. The zero-order valence-electron chi connectivity index (χ0n) is 5.94. The molecule has 0 aliphatic heterocycles. The fraction of sp³-hybridized carbons (Fsp3) is 0.143. The molecule has 0 amide bonds. The Hall–Kier alpha value is -1.16. The van der Waals surface area contributed by atoms with Crippen molar-refractivity contribution >= 4 is 11.3 Å². The van der Waals surface area contributed by atoms with Gasteiger partial charge in [0.2, 0.25) is 11.7 Å². The summed E-state index contributed by atoms with van der Waals surface area (Å²) in [6.45, 7) is 1.78. The normalized spacial score (nSPS) is 10.3. The molecule has 0 radical (unpaired) electrons. The van der Waals surface area contributed by atoms with Crippen LogP contribution in [0, 0.1) is 6.92 Å². The summed E-state index contributed by atoms with van der Waals surface area (Å²) in [5.41, 5.74) is 0. The van der Waals surface area contributed by atoms with Crippen LogP contribution in [0.1, 0.15) is 5.89 Å². The van der Waals surface area contributed by atoms with E-state index in [1.165, 1.54) is 0 Å². The van der Waals surface area contributed by atoms with Crippen LogP contribution < -0.4 is 0 Å². The lowest BCUT2D eigenvalue weighted by molar-refractivity contribution is 0.394. The molecule has 0 unspecified atom stereocenters. The average Bonchev–Trinajstić information content (AvgIpc) is 2.55. The smallest absolute Gasteiger partial charge is 0.223 e. The van der Waals surface area contributed by atoms with Crippen LogP contribution in [0.3, 0.4) is 0 Å². The van der Waals surface area contributed by atoms with Gasteiger partial charge in [0.1, 0.15) is 0 Å². The summed E-state index contributed by atoms with van der Waals surface area (Å²) in [6, 6.07) is 3.93. The summed E-state index contributed by atoms with van der Waals surface area (Å²) in [5, 5.41) is 5.77. The first kappa shape index (κ1) is 6.54. The standard InChI is InChI=1S/C7H6N2OS/c1-5-8-7(9-10-5)6-3-2-4-11-6/h2-4H,1H3. The molecule has 0 saturated heterocycles. The van der Waals surface area contributed by atoms with Gasteiger partial charge in [0, 0.05) is 6.92 Å². The highest BCUT2D eigenvalue weighted by atomic mass is 32.1. The van der Waals surface area contributed by atoms with E-state index in [1.807, 2.05) is 17.5 Å². The van der Waals surface area contributed by atoms with Crippen LogP contribution in [-0.2, 0) is 0 Å². The Morgan fingerprint density at radius 1 is 1.55 bits per heavy atom. The summed E-state index contributed by atoms with van der Waals surface area (Å²) in [7, 11) is 0. The van der Waals surface area contributed by atoms with Crippen molar-refractivity contribution in [3.63, 3.8) is 0 Å². The van der Waals surface area contributed by atoms with Crippen LogP contribution in [0.5, 0.6) is 0 Å². The summed E-state index contributed by atoms with van der Waals surface area (Å²) >= 11 is 1.60. The number of hydrogen-bond donors (Lipinski definition) is 0. The van der Waals surface area contributed by atoms with E-state index in [0.717, 1.165) is 4.88 Å². The molecule has 0 fully saturated rings. The van der Waals surface area contributed by atoms with Crippen LogP contribution >= 0.6 is 11.3 Å². The first-order chi connectivity index (χ1) is 5.36. The zero-order chi connectivity index (χ0) is 7.68. The van der Waals surface area contributed by atoms with Crippen LogP contribution in [-0.4, -0.2) is 10.1 Å². The Balaban J connectivity index is 2.45. The quantitative estimate of drug-likeness (QED) is 0.651. The minimum atomic E-state index is 0.605. The minimum Gasteiger partial charge on any atom is -0.339 e. The van der Waals surface area contributed by atoms with Gasteiger partial charge in [0.15, 0.2) is 0 Å². The van der Waals surface area contributed by atoms with Crippen LogP contribution in [0.4, 0.5) is 0 Å². The lowest BCUT2D eigenvalue weighted by Crippen LogP contribution is -1.73. The van der Waals surface area contributed by atoms with E-state index in [1.54, 1.807) is 18.3 Å². The van der Waals surface area contributed by atoms with Gasteiger partial charge in [0.05, 0.1) is 4.88 Å². The third-order valence-electron chi connectivity index (χ3n) is 1.27. The minimum absolute atomic E-state index is 0.605. The van der Waals surface area contributed by atoms with Crippen molar-refractivity contribution < 1.29 is 4.52 Å². The zero-order valence-corrected chi connectivity index (χ0v) is 6.76.